The molecule has 47 heavy (non-hydrogen) atoms. The molecular weight excluding hydrogens is 569 g/mol. The van der Waals surface area contributed by atoms with Crippen molar-refractivity contribution in [2.45, 2.75) is 32.1 Å². The fourth-order valence-corrected chi connectivity index (χ4v) is 8.04. The second-order valence-electron chi connectivity index (χ2n) is 13.3. The SMILES string of the molecule is CC1(C)c2ccccc2-c2c(N(C3=CC=C(c4ccc5c(c4)c4ccccc4n5-c4ccccc4)CC3)c3ccccc3)cccc21. The van der Waals surface area contributed by atoms with Crippen LogP contribution < -0.4 is 4.90 Å². The number of allylic oxidation sites excluding steroid dienone is 4. The number of hydrogen-bond donors (Lipinski definition) is 0. The van der Waals surface area contributed by atoms with Crippen LogP contribution in [0.3, 0.4) is 0 Å². The second kappa shape index (κ2) is 10.7. The van der Waals surface area contributed by atoms with Gasteiger partial charge in [-0.25, -0.2) is 0 Å². The van der Waals surface area contributed by atoms with Crippen molar-refractivity contribution in [3.8, 4) is 16.8 Å². The standard InChI is InChI=1S/C45H36N2/c1-45(2)39-20-11-9-19-37(39)44-40(45)21-13-23-43(44)46(33-14-5-3-6-15-33)35-27-24-31(25-28-35)32-26-29-42-38(30-32)36-18-10-12-22-41(36)47(42)34-16-7-4-8-17-34/h3-24,26-27,29-30H,25,28H2,1-2H3. The maximum Gasteiger partial charge on any atom is 0.0541 e. The number of benzene rings is 6. The minimum Gasteiger partial charge on any atom is -0.314 e. The summed E-state index contributed by atoms with van der Waals surface area (Å²) >= 11 is 0. The Hall–Kier alpha value is -5.60. The van der Waals surface area contributed by atoms with E-state index in [0.29, 0.717) is 0 Å². The van der Waals surface area contributed by atoms with Gasteiger partial charge in [0.05, 0.1) is 16.7 Å². The first-order valence-corrected chi connectivity index (χ1v) is 16.7. The van der Waals surface area contributed by atoms with Crippen LogP contribution in [0.4, 0.5) is 11.4 Å². The quantitative estimate of drug-likeness (QED) is 0.190. The predicted molar refractivity (Wildman–Crippen MR) is 199 cm³/mol. The number of aromatic nitrogens is 1. The fraction of sp³-hybridized carbons (Fsp3) is 0.111. The Bertz CT molecular complexity index is 2370. The highest BCUT2D eigenvalue weighted by Gasteiger charge is 2.37. The summed E-state index contributed by atoms with van der Waals surface area (Å²) in [5.41, 5.74) is 15.6. The van der Waals surface area contributed by atoms with Gasteiger partial charge < -0.3 is 9.47 Å². The van der Waals surface area contributed by atoms with Crippen molar-refractivity contribution in [2.75, 3.05) is 4.90 Å². The summed E-state index contributed by atoms with van der Waals surface area (Å²) in [6, 6.07) is 53.2. The maximum atomic E-state index is 2.50. The maximum absolute atomic E-state index is 2.50. The van der Waals surface area contributed by atoms with Gasteiger partial charge >= 0.3 is 0 Å². The van der Waals surface area contributed by atoms with Crippen LogP contribution in [0.15, 0.2) is 163 Å². The van der Waals surface area contributed by atoms with Gasteiger partial charge in [-0.2, -0.15) is 0 Å². The Balaban J connectivity index is 1.16. The molecule has 2 aliphatic carbocycles. The van der Waals surface area contributed by atoms with Crippen LogP contribution in [0.25, 0.3) is 44.2 Å². The number of anilines is 2. The molecule has 226 valence electrons. The van der Waals surface area contributed by atoms with Crippen LogP contribution in [0.1, 0.15) is 43.4 Å². The van der Waals surface area contributed by atoms with Crippen molar-refractivity contribution in [3.63, 3.8) is 0 Å². The molecule has 0 aliphatic heterocycles. The summed E-state index contributed by atoms with van der Waals surface area (Å²) in [6.45, 7) is 4.72. The van der Waals surface area contributed by atoms with Crippen molar-refractivity contribution in [2.24, 2.45) is 0 Å². The molecule has 2 heteroatoms. The topological polar surface area (TPSA) is 8.17 Å². The van der Waals surface area contributed by atoms with E-state index in [-0.39, 0.29) is 5.41 Å². The first kappa shape index (κ1) is 27.7. The van der Waals surface area contributed by atoms with Crippen LogP contribution in [0.5, 0.6) is 0 Å². The molecule has 0 saturated carbocycles. The van der Waals surface area contributed by atoms with E-state index in [4.69, 9.17) is 0 Å². The monoisotopic (exact) mass is 604 g/mol. The molecule has 0 unspecified atom stereocenters. The molecule has 6 aromatic carbocycles. The zero-order valence-corrected chi connectivity index (χ0v) is 26.8. The van der Waals surface area contributed by atoms with Gasteiger partial charge in [-0.3, -0.25) is 0 Å². The van der Waals surface area contributed by atoms with Crippen LogP contribution in [-0.2, 0) is 5.41 Å². The lowest BCUT2D eigenvalue weighted by molar-refractivity contribution is 0.660. The van der Waals surface area contributed by atoms with Gasteiger partial charge in [0, 0.05) is 38.8 Å². The molecule has 0 fully saturated rings. The van der Waals surface area contributed by atoms with Gasteiger partial charge in [0.2, 0.25) is 0 Å². The third-order valence-electron chi connectivity index (χ3n) is 10.3. The van der Waals surface area contributed by atoms with Crippen LogP contribution in [0, 0.1) is 0 Å². The summed E-state index contributed by atoms with van der Waals surface area (Å²) in [6.07, 6.45) is 6.65. The number of para-hydroxylation sites is 3. The molecule has 0 spiro atoms. The van der Waals surface area contributed by atoms with Gasteiger partial charge in [-0.05, 0) is 95.3 Å². The molecule has 0 bridgehead atoms. The average molecular weight is 605 g/mol. The summed E-state index contributed by atoms with van der Waals surface area (Å²) in [5.74, 6) is 0. The van der Waals surface area contributed by atoms with Gasteiger partial charge in [0.15, 0.2) is 0 Å². The van der Waals surface area contributed by atoms with Crippen molar-refractivity contribution in [3.05, 3.63) is 180 Å². The third-order valence-corrected chi connectivity index (χ3v) is 10.3. The molecule has 1 aromatic heterocycles. The molecule has 0 atom stereocenters. The largest absolute Gasteiger partial charge is 0.314 e. The van der Waals surface area contributed by atoms with E-state index in [9.17, 15) is 0 Å². The molecule has 7 aromatic rings. The molecular formula is C45H36N2. The Morgan fingerprint density at radius 1 is 0.574 bits per heavy atom. The second-order valence-corrected chi connectivity index (χ2v) is 13.3. The molecule has 1 heterocycles. The summed E-state index contributed by atoms with van der Waals surface area (Å²) in [4.78, 5) is 2.50. The van der Waals surface area contributed by atoms with Crippen LogP contribution >= 0.6 is 0 Å². The highest BCUT2D eigenvalue weighted by molar-refractivity contribution is 6.10. The minimum atomic E-state index is -0.0411. The van der Waals surface area contributed by atoms with E-state index >= 15 is 0 Å². The van der Waals surface area contributed by atoms with E-state index in [0.717, 1.165) is 12.8 Å². The third kappa shape index (κ3) is 4.32. The van der Waals surface area contributed by atoms with E-state index in [1.807, 2.05) is 0 Å². The average Bonchev–Trinajstić information content (AvgIpc) is 3.58. The Kier molecular flexibility index (Phi) is 6.33. The first-order chi connectivity index (χ1) is 23.1. The van der Waals surface area contributed by atoms with Gasteiger partial charge in [0.1, 0.15) is 0 Å². The van der Waals surface area contributed by atoms with Gasteiger partial charge in [-0.1, -0.05) is 117 Å². The minimum absolute atomic E-state index is 0.0411. The molecule has 2 aliphatic rings. The Morgan fingerprint density at radius 3 is 2.09 bits per heavy atom. The zero-order valence-electron chi connectivity index (χ0n) is 26.8. The van der Waals surface area contributed by atoms with E-state index in [1.54, 1.807) is 0 Å². The van der Waals surface area contributed by atoms with Gasteiger partial charge in [-0.15, -0.1) is 0 Å². The highest BCUT2D eigenvalue weighted by atomic mass is 15.2. The first-order valence-electron chi connectivity index (χ1n) is 16.7. The van der Waals surface area contributed by atoms with Crippen molar-refractivity contribution in [1.82, 2.24) is 4.57 Å². The van der Waals surface area contributed by atoms with Crippen LogP contribution in [0.2, 0.25) is 0 Å². The smallest absolute Gasteiger partial charge is 0.0541 e. The number of hydrogen-bond acceptors (Lipinski definition) is 1. The Labute approximate surface area is 276 Å². The molecule has 0 N–H and O–H groups in total. The van der Waals surface area contributed by atoms with E-state index < -0.39 is 0 Å². The van der Waals surface area contributed by atoms with Crippen molar-refractivity contribution in [1.29, 1.82) is 0 Å². The molecule has 0 saturated heterocycles. The number of rotatable bonds is 5. The highest BCUT2D eigenvalue weighted by Crippen LogP contribution is 2.53. The number of fused-ring (bicyclic) bond motifs is 6. The van der Waals surface area contributed by atoms with E-state index in [1.165, 1.54) is 78.0 Å². The lowest BCUT2D eigenvalue weighted by Crippen LogP contribution is -2.19. The van der Waals surface area contributed by atoms with E-state index in [2.05, 4.69) is 181 Å². The lowest BCUT2D eigenvalue weighted by Gasteiger charge is -2.32. The van der Waals surface area contributed by atoms with Crippen molar-refractivity contribution >= 4 is 38.8 Å². The summed E-state index contributed by atoms with van der Waals surface area (Å²) in [5, 5.41) is 2.59. The Morgan fingerprint density at radius 2 is 1.28 bits per heavy atom. The normalized spacial score (nSPS) is 14.9. The molecule has 0 amide bonds. The molecule has 9 rings (SSSR count). The molecule has 0 radical (unpaired) electrons. The fourth-order valence-electron chi connectivity index (χ4n) is 8.04. The summed E-state index contributed by atoms with van der Waals surface area (Å²) in [7, 11) is 0. The summed E-state index contributed by atoms with van der Waals surface area (Å²) < 4.78 is 2.39. The molecule has 2 nitrogen and oxygen atoms in total. The zero-order chi connectivity index (χ0) is 31.5. The van der Waals surface area contributed by atoms with Gasteiger partial charge in [0.25, 0.3) is 0 Å². The lowest BCUT2D eigenvalue weighted by atomic mass is 9.82. The van der Waals surface area contributed by atoms with Crippen molar-refractivity contribution < 1.29 is 0 Å². The predicted octanol–water partition coefficient (Wildman–Crippen LogP) is 12.0. The number of nitrogens with zero attached hydrogens (tertiary/aromatic N) is 2. The van der Waals surface area contributed by atoms with Crippen LogP contribution in [-0.4, -0.2) is 4.57 Å².